The maximum Gasteiger partial charge on any atom is 0.345 e. The molecule has 1 saturated carbocycles. The van der Waals surface area contributed by atoms with E-state index in [1.165, 1.54) is 6.33 Å². The lowest BCUT2D eigenvalue weighted by Crippen LogP contribution is -2.49. The average molecular weight is 926 g/mol. The van der Waals surface area contributed by atoms with Crippen molar-refractivity contribution in [1.82, 2.24) is 29.7 Å². The predicted molar refractivity (Wildman–Crippen MR) is 248 cm³/mol. The summed E-state index contributed by atoms with van der Waals surface area (Å²) in [7, 11) is 3.73. The van der Waals surface area contributed by atoms with E-state index in [4.69, 9.17) is 56.9 Å². The van der Waals surface area contributed by atoms with Crippen molar-refractivity contribution in [1.29, 1.82) is 0 Å². The zero-order valence-corrected chi connectivity index (χ0v) is 38.6. The molecule has 2 atom stereocenters. The van der Waals surface area contributed by atoms with E-state index in [2.05, 4.69) is 26.8 Å². The molecule has 4 bridgehead atoms. The number of piperazine rings is 1. The number of para-hydroxylation sites is 1. The third-order valence-electron chi connectivity index (χ3n) is 12.4. The Morgan fingerprint density at radius 1 is 0.938 bits per heavy atom. The number of carboxylic acids is 1. The van der Waals surface area contributed by atoms with Crippen molar-refractivity contribution in [3.63, 3.8) is 0 Å². The molecule has 10 rings (SSSR count). The van der Waals surface area contributed by atoms with Gasteiger partial charge in [-0.15, -0.1) is 11.3 Å². The fraction of sp³-hybridized carbons (Fsp3) is 0.396. The summed E-state index contributed by atoms with van der Waals surface area (Å²) >= 11 is 16.3. The van der Waals surface area contributed by atoms with Crippen LogP contribution >= 0.6 is 34.5 Å². The predicted octanol–water partition coefficient (Wildman–Crippen LogP) is 9.45. The zero-order chi connectivity index (χ0) is 44.5. The van der Waals surface area contributed by atoms with Gasteiger partial charge in [-0.25, -0.2) is 24.7 Å². The molecular formula is C48H50Cl2N6O7S. The number of halogens is 2. The summed E-state index contributed by atoms with van der Waals surface area (Å²) in [5.41, 5.74) is 5.22. The summed E-state index contributed by atoms with van der Waals surface area (Å²) in [6, 6.07) is 14.7. The molecule has 4 aliphatic rings. The molecule has 6 heterocycles. The van der Waals surface area contributed by atoms with Crippen molar-refractivity contribution in [2.75, 3.05) is 53.5 Å². The Kier molecular flexibility index (Phi) is 13.1. The number of likely N-dealkylation sites (N-methyl/N-ethyl adjacent to an activating group) is 1. The first-order valence-electron chi connectivity index (χ1n) is 21.6. The van der Waals surface area contributed by atoms with Crippen LogP contribution < -0.4 is 23.7 Å². The van der Waals surface area contributed by atoms with Crippen molar-refractivity contribution >= 4 is 50.7 Å². The van der Waals surface area contributed by atoms with Gasteiger partial charge in [-0.3, -0.25) is 4.90 Å². The summed E-state index contributed by atoms with van der Waals surface area (Å²) in [6.07, 6.45) is 5.44. The van der Waals surface area contributed by atoms with Gasteiger partial charge in [0.2, 0.25) is 12.0 Å². The molecule has 334 valence electrons. The van der Waals surface area contributed by atoms with Gasteiger partial charge in [-0.2, -0.15) is 0 Å². The number of ether oxygens (including phenoxy) is 5. The first-order valence-corrected chi connectivity index (χ1v) is 23.2. The standard InChI is InChI=1S/C48H50Cl2N6O7S/c1-27-38-28(2)42(50)43(41(27)49)62-33(23-56-19-17-55(3)18-20-56)25-60-32-13-14-35(61-24-31-15-16-51-45(54-31)34-11-7-8-12-36(34)59-4)30(21-32)22-37(48(57)58)63-46-40-39(38)44(29-9-5-6-10-29)64-47(40)53-26-52-46/h7-8,11-16,21,26,29,33,37H,5-6,9-10,17-20,22-25H2,1-4H3,(H,57,58)/t33-,37-/m1/s1. The van der Waals surface area contributed by atoms with E-state index in [-0.39, 0.29) is 31.4 Å². The van der Waals surface area contributed by atoms with Gasteiger partial charge in [0.25, 0.3) is 0 Å². The fourth-order valence-corrected chi connectivity index (χ4v) is 10.8. The number of rotatable bonds is 9. The molecule has 13 nitrogen and oxygen atoms in total. The van der Waals surface area contributed by atoms with Crippen molar-refractivity contribution < 1.29 is 33.6 Å². The summed E-state index contributed by atoms with van der Waals surface area (Å²) < 4.78 is 32.0. The Morgan fingerprint density at radius 3 is 2.45 bits per heavy atom. The minimum atomic E-state index is -1.38. The number of hydrogen-bond acceptors (Lipinski definition) is 13. The molecule has 0 radical (unpaired) electrons. The molecule has 1 aliphatic carbocycles. The first kappa shape index (κ1) is 44.0. The van der Waals surface area contributed by atoms with E-state index in [0.29, 0.717) is 66.9 Å². The summed E-state index contributed by atoms with van der Waals surface area (Å²) in [4.78, 5) is 38.4. The quantitative estimate of drug-likeness (QED) is 0.147. The normalized spacial score (nSPS) is 18.6. The van der Waals surface area contributed by atoms with Gasteiger partial charge in [0.05, 0.1) is 33.8 Å². The molecule has 1 saturated heterocycles. The number of hydrogen-bond donors (Lipinski definition) is 1. The number of aromatic nitrogens is 4. The van der Waals surface area contributed by atoms with Crippen molar-refractivity contribution in [3.05, 3.63) is 98.4 Å². The number of aliphatic carboxylic acids is 1. The maximum absolute atomic E-state index is 13.3. The lowest BCUT2D eigenvalue weighted by Gasteiger charge is -2.35. The van der Waals surface area contributed by atoms with Crippen LogP contribution in [-0.2, 0) is 17.8 Å². The van der Waals surface area contributed by atoms with Gasteiger partial charge in [0.1, 0.15) is 47.7 Å². The SMILES string of the molecule is COc1ccccc1-c1nccc(COc2ccc3cc2C[C@H](C(=O)O)Oc2ncnc4sc(C5CCCC5)c(c24)-c2c(C)c(Cl)c(c(Cl)c2C)O[C@H](CN2CCN(C)CC2)CO3)n1. The van der Waals surface area contributed by atoms with Gasteiger partial charge in [0, 0.05) is 61.3 Å². The molecule has 0 spiro atoms. The van der Waals surface area contributed by atoms with E-state index >= 15 is 0 Å². The molecule has 0 unspecified atom stereocenters. The fourth-order valence-electron chi connectivity index (χ4n) is 9.00. The molecule has 6 aromatic rings. The Hall–Kier alpha value is -5.25. The molecular weight excluding hydrogens is 876 g/mol. The lowest BCUT2D eigenvalue weighted by atomic mass is 9.90. The first-order chi connectivity index (χ1) is 31.1. The number of fused-ring (bicyclic) bond motifs is 7. The van der Waals surface area contributed by atoms with Crippen molar-refractivity contribution in [3.8, 4) is 51.4 Å². The highest BCUT2D eigenvalue weighted by Crippen LogP contribution is 2.54. The monoisotopic (exact) mass is 924 g/mol. The smallest absolute Gasteiger partial charge is 0.345 e. The van der Waals surface area contributed by atoms with Gasteiger partial charge >= 0.3 is 5.97 Å². The van der Waals surface area contributed by atoms with E-state index in [0.717, 1.165) is 84.6 Å². The Balaban J connectivity index is 1.14. The van der Waals surface area contributed by atoms with Gasteiger partial charge in [0.15, 0.2) is 11.6 Å². The molecule has 3 aliphatic heterocycles. The van der Waals surface area contributed by atoms with Gasteiger partial charge in [-0.1, -0.05) is 48.2 Å². The van der Waals surface area contributed by atoms with Crippen LogP contribution in [0.25, 0.3) is 32.7 Å². The number of benzene rings is 3. The number of carbonyl (C=O) groups is 1. The van der Waals surface area contributed by atoms with E-state index < -0.39 is 18.2 Å². The molecule has 16 heteroatoms. The Bertz CT molecular complexity index is 2660. The third kappa shape index (κ3) is 9.03. The largest absolute Gasteiger partial charge is 0.496 e. The van der Waals surface area contributed by atoms with Crippen LogP contribution in [0.5, 0.6) is 28.9 Å². The topological polar surface area (TPSA) is 141 Å². The van der Waals surface area contributed by atoms with E-state index in [1.54, 1.807) is 48.9 Å². The van der Waals surface area contributed by atoms with Crippen LogP contribution in [0.4, 0.5) is 0 Å². The highest BCUT2D eigenvalue weighted by Gasteiger charge is 2.34. The van der Waals surface area contributed by atoms with Crippen LogP contribution in [-0.4, -0.2) is 107 Å². The van der Waals surface area contributed by atoms with Crippen molar-refractivity contribution in [2.24, 2.45) is 0 Å². The van der Waals surface area contributed by atoms with Crippen LogP contribution in [0, 0.1) is 13.8 Å². The van der Waals surface area contributed by atoms with Crippen LogP contribution in [0.15, 0.2) is 61.1 Å². The molecule has 2 fully saturated rings. The zero-order valence-electron chi connectivity index (χ0n) is 36.2. The number of thiophene rings is 1. The minimum Gasteiger partial charge on any atom is -0.496 e. The van der Waals surface area contributed by atoms with Crippen LogP contribution in [0.1, 0.15) is 58.9 Å². The highest BCUT2D eigenvalue weighted by atomic mass is 35.5. The number of carboxylic acid groups (broad SMARTS) is 1. The lowest BCUT2D eigenvalue weighted by molar-refractivity contribution is -0.145. The second kappa shape index (κ2) is 19.1. The Morgan fingerprint density at radius 2 is 1.70 bits per heavy atom. The molecule has 1 N–H and O–H groups in total. The molecule has 3 aromatic carbocycles. The summed E-state index contributed by atoms with van der Waals surface area (Å²) in [6.45, 7) is 8.36. The van der Waals surface area contributed by atoms with E-state index in [1.807, 2.05) is 38.1 Å². The van der Waals surface area contributed by atoms with Crippen LogP contribution in [0.2, 0.25) is 10.0 Å². The summed E-state index contributed by atoms with van der Waals surface area (Å²) in [5, 5.41) is 12.3. The Labute approximate surface area is 386 Å². The average Bonchev–Trinajstić information content (AvgIpc) is 3.98. The summed E-state index contributed by atoms with van der Waals surface area (Å²) in [5.74, 6) is 1.74. The van der Waals surface area contributed by atoms with Crippen LogP contribution in [0.3, 0.4) is 0 Å². The van der Waals surface area contributed by atoms with Gasteiger partial charge in [-0.05, 0) is 92.7 Å². The number of methoxy groups -OCH3 is 1. The number of nitrogens with zero attached hydrogens (tertiary/aromatic N) is 6. The third-order valence-corrected chi connectivity index (χ3v) is 14.6. The minimum absolute atomic E-state index is 0.0730. The second-order valence-corrected chi connectivity index (χ2v) is 18.5. The second-order valence-electron chi connectivity index (χ2n) is 16.7. The highest BCUT2D eigenvalue weighted by molar-refractivity contribution is 7.19. The van der Waals surface area contributed by atoms with Gasteiger partial charge < -0.3 is 33.7 Å². The molecule has 64 heavy (non-hydrogen) atoms. The van der Waals surface area contributed by atoms with E-state index in [9.17, 15) is 9.90 Å². The molecule has 0 amide bonds. The maximum atomic E-state index is 13.3. The van der Waals surface area contributed by atoms with Crippen molar-refractivity contribution in [2.45, 2.75) is 70.7 Å². The molecule has 3 aromatic heterocycles.